The highest BCUT2D eigenvalue weighted by atomic mass is 35.5. The molecular formula is C17H15ClN2O2S. The molecular weight excluding hydrogens is 332 g/mol. The molecule has 23 heavy (non-hydrogen) atoms. The number of thiazole rings is 1. The van der Waals surface area contributed by atoms with Crippen LogP contribution in [0.2, 0.25) is 5.02 Å². The number of rotatable bonds is 3. The van der Waals surface area contributed by atoms with E-state index in [0.717, 1.165) is 21.3 Å². The summed E-state index contributed by atoms with van der Waals surface area (Å²) in [6, 6.07) is 9.02. The minimum atomic E-state index is -0.246. The molecule has 0 aliphatic rings. The quantitative estimate of drug-likeness (QED) is 0.739. The highest BCUT2D eigenvalue weighted by Crippen LogP contribution is 2.31. The van der Waals surface area contributed by atoms with E-state index in [1.807, 2.05) is 19.9 Å². The molecule has 1 amide bonds. The van der Waals surface area contributed by atoms with Crippen LogP contribution in [0.3, 0.4) is 0 Å². The lowest BCUT2D eigenvalue weighted by Gasteiger charge is -2.05. The molecule has 1 heterocycles. The van der Waals surface area contributed by atoms with E-state index in [1.54, 1.807) is 18.2 Å². The highest BCUT2D eigenvalue weighted by Gasteiger charge is 2.13. The average Bonchev–Trinajstić information content (AvgIpc) is 2.96. The van der Waals surface area contributed by atoms with Crippen LogP contribution in [0.1, 0.15) is 21.5 Å². The molecule has 3 aromatic rings. The second-order valence-corrected chi connectivity index (χ2v) is 6.61. The van der Waals surface area contributed by atoms with E-state index in [1.165, 1.54) is 18.4 Å². The van der Waals surface area contributed by atoms with Crippen LogP contribution in [0.4, 0.5) is 5.13 Å². The number of nitrogens with one attached hydrogen (secondary N) is 1. The first-order valence-corrected chi connectivity index (χ1v) is 8.20. The number of halogens is 1. The van der Waals surface area contributed by atoms with Crippen molar-refractivity contribution in [1.82, 2.24) is 4.98 Å². The van der Waals surface area contributed by atoms with Crippen molar-refractivity contribution in [3.05, 3.63) is 52.0 Å². The number of amides is 1. The molecule has 0 saturated heterocycles. The van der Waals surface area contributed by atoms with Crippen LogP contribution in [0, 0.1) is 13.8 Å². The number of benzene rings is 2. The summed E-state index contributed by atoms with van der Waals surface area (Å²) in [5, 5.41) is 3.81. The van der Waals surface area contributed by atoms with Crippen molar-refractivity contribution in [2.45, 2.75) is 13.8 Å². The highest BCUT2D eigenvalue weighted by molar-refractivity contribution is 7.22. The first-order valence-electron chi connectivity index (χ1n) is 7.01. The van der Waals surface area contributed by atoms with Gasteiger partial charge in [0.25, 0.3) is 5.91 Å². The van der Waals surface area contributed by atoms with Crippen molar-refractivity contribution in [3.63, 3.8) is 0 Å². The molecule has 0 aliphatic carbocycles. The fraction of sp³-hybridized carbons (Fsp3) is 0.176. The van der Waals surface area contributed by atoms with Crippen LogP contribution < -0.4 is 10.1 Å². The van der Waals surface area contributed by atoms with Gasteiger partial charge in [0.15, 0.2) is 5.13 Å². The Morgan fingerprint density at radius 3 is 2.61 bits per heavy atom. The Morgan fingerprint density at radius 2 is 1.96 bits per heavy atom. The van der Waals surface area contributed by atoms with Crippen LogP contribution >= 0.6 is 22.9 Å². The predicted octanol–water partition coefficient (Wildman–Crippen LogP) is 4.83. The zero-order valence-electron chi connectivity index (χ0n) is 12.9. The lowest BCUT2D eigenvalue weighted by Crippen LogP contribution is -2.11. The molecule has 1 aromatic heterocycles. The van der Waals surface area contributed by atoms with Gasteiger partial charge in [0.05, 0.1) is 22.3 Å². The Labute approximate surface area is 143 Å². The van der Waals surface area contributed by atoms with E-state index in [4.69, 9.17) is 16.3 Å². The smallest absolute Gasteiger partial charge is 0.257 e. The summed E-state index contributed by atoms with van der Waals surface area (Å²) in [6.07, 6.45) is 0. The second kappa shape index (κ2) is 6.18. The number of methoxy groups -OCH3 is 1. The van der Waals surface area contributed by atoms with E-state index in [0.29, 0.717) is 21.5 Å². The molecule has 0 bridgehead atoms. The third-order valence-electron chi connectivity index (χ3n) is 3.58. The summed E-state index contributed by atoms with van der Waals surface area (Å²) < 4.78 is 6.18. The van der Waals surface area contributed by atoms with Gasteiger partial charge in [0.2, 0.25) is 0 Å². The molecule has 0 radical (unpaired) electrons. The molecule has 0 atom stereocenters. The van der Waals surface area contributed by atoms with Gasteiger partial charge >= 0.3 is 0 Å². The number of anilines is 1. The monoisotopic (exact) mass is 346 g/mol. The fourth-order valence-corrected chi connectivity index (χ4v) is 3.55. The Balaban J connectivity index is 1.90. The summed E-state index contributed by atoms with van der Waals surface area (Å²) >= 11 is 7.54. The molecule has 0 unspecified atom stereocenters. The topological polar surface area (TPSA) is 51.2 Å². The second-order valence-electron chi connectivity index (χ2n) is 5.20. The Kier molecular flexibility index (Phi) is 4.24. The van der Waals surface area contributed by atoms with Crippen LogP contribution in [-0.4, -0.2) is 18.0 Å². The third-order valence-corrected chi connectivity index (χ3v) is 4.98. The third kappa shape index (κ3) is 3.02. The number of aryl methyl sites for hydroxylation is 2. The Hall–Kier alpha value is -2.11. The van der Waals surface area contributed by atoms with Crippen molar-refractivity contribution in [1.29, 1.82) is 0 Å². The molecule has 0 spiro atoms. The Bertz CT molecular complexity index is 866. The van der Waals surface area contributed by atoms with Crippen LogP contribution in [0.15, 0.2) is 30.3 Å². The maximum absolute atomic E-state index is 12.4. The number of hydrogen-bond acceptors (Lipinski definition) is 4. The van der Waals surface area contributed by atoms with E-state index in [2.05, 4.69) is 16.4 Å². The van der Waals surface area contributed by atoms with E-state index in [9.17, 15) is 4.79 Å². The van der Waals surface area contributed by atoms with Gasteiger partial charge in [-0.1, -0.05) is 35.1 Å². The number of carbonyl (C=O) groups is 1. The fourth-order valence-electron chi connectivity index (χ4n) is 2.29. The van der Waals surface area contributed by atoms with Crippen LogP contribution in [0.25, 0.3) is 10.2 Å². The maximum Gasteiger partial charge on any atom is 0.257 e. The van der Waals surface area contributed by atoms with Crippen molar-refractivity contribution in [2.75, 3.05) is 12.4 Å². The summed E-state index contributed by atoms with van der Waals surface area (Å²) in [7, 11) is 1.53. The van der Waals surface area contributed by atoms with Crippen LogP contribution in [-0.2, 0) is 0 Å². The molecule has 0 saturated carbocycles. The van der Waals surface area contributed by atoms with E-state index < -0.39 is 0 Å². The average molecular weight is 347 g/mol. The van der Waals surface area contributed by atoms with Gasteiger partial charge in [0, 0.05) is 5.56 Å². The van der Waals surface area contributed by atoms with Gasteiger partial charge in [-0.25, -0.2) is 4.98 Å². The van der Waals surface area contributed by atoms with Gasteiger partial charge in [0.1, 0.15) is 5.75 Å². The van der Waals surface area contributed by atoms with Gasteiger partial charge in [-0.2, -0.15) is 0 Å². The lowest BCUT2D eigenvalue weighted by atomic mass is 10.1. The van der Waals surface area contributed by atoms with Gasteiger partial charge in [-0.3, -0.25) is 10.1 Å². The summed E-state index contributed by atoms with van der Waals surface area (Å²) in [4.78, 5) is 16.9. The van der Waals surface area contributed by atoms with Gasteiger partial charge in [-0.15, -0.1) is 0 Å². The zero-order valence-corrected chi connectivity index (χ0v) is 14.5. The number of ether oxygens (including phenoxy) is 1. The van der Waals surface area contributed by atoms with E-state index >= 15 is 0 Å². The number of aromatic nitrogens is 1. The SMILES string of the molecule is COc1ccc(C(=O)Nc2nc3c(C)ccc(C)c3s2)cc1Cl. The van der Waals surface area contributed by atoms with Gasteiger partial charge in [-0.05, 0) is 43.2 Å². The minimum Gasteiger partial charge on any atom is -0.495 e. The standard InChI is InChI=1S/C17H15ClN2O2S/c1-9-4-5-10(2)15-14(9)19-17(23-15)20-16(21)11-6-7-13(22-3)12(18)8-11/h4-8H,1-3H3,(H,19,20,21). The summed E-state index contributed by atoms with van der Waals surface area (Å²) in [6.45, 7) is 4.05. The minimum absolute atomic E-state index is 0.246. The number of carbonyl (C=O) groups excluding carboxylic acids is 1. The number of hydrogen-bond donors (Lipinski definition) is 1. The molecule has 1 N–H and O–H groups in total. The zero-order chi connectivity index (χ0) is 16.6. The molecule has 6 heteroatoms. The van der Waals surface area contributed by atoms with Crippen molar-refractivity contribution in [3.8, 4) is 5.75 Å². The Morgan fingerprint density at radius 1 is 1.22 bits per heavy atom. The molecule has 118 valence electrons. The normalized spacial score (nSPS) is 10.8. The molecule has 2 aromatic carbocycles. The number of nitrogens with zero attached hydrogens (tertiary/aromatic N) is 1. The lowest BCUT2D eigenvalue weighted by molar-refractivity contribution is 0.102. The molecule has 0 aliphatic heterocycles. The van der Waals surface area contributed by atoms with Crippen LogP contribution in [0.5, 0.6) is 5.75 Å². The molecule has 3 rings (SSSR count). The van der Waals surface area contributed by atoms with Crippen molar-refractivity contribution < 1.29 is 9.53 Å². The largest absolute Gasteiger partial charge is 0.495 e. The van der Waals surface area contributed by atoms with Crippen molar-refractivity contribution >= 4 is 44.2 Å². The summed E-state index contributed by atoms with van der Waals surface area (Å²) in [5.41, 5.74) is 3.63. The molecule has 0 fully saturated rings. The van der Waals surface area contributed by atoms with Crippen molar-refractivity contribution in [2.24, 2.45) is 0 Å². The first-order chi connectivity index (χ1) is 11.0. The van der Waals surface area contributed by atoms with Gasteiger partial charge < -0.3 is 4.74 Å². The van der Waals surface area contributed by atoms with E-state index in [-0.39, 0.29) is 5.91 Å². The summed E-state index contributed by atoms with van der Waals surface area (Å²) in [5.74, 6) is 0.290. The first kappa shape index (κ1) is 15.8. The predicted molar refractivity (Wildman–Crippen MR) is 95.1 cm³/mol. The maximum atomic E-state index is 12.4. The number of fused-ring (bicyclic) bond motifs is 1. The molecule has 4 nitrogen and oxygen atoms in total.